The van der Waals surface area contributed by atoms with Gasteiger partial charge in [-0.1, -0.05) is 112 Å². The highest BCUT2D eigenvalue weighted by Gasteiger charge is 2.22. The minimum Gasteiger partial charge on any atom is -0.381 e. The van der Waals surface area contributed by atoms with Crippen LogP contribution in [0.2, 0.25) is 10.0 Å². The highest BCUT2D eigenvalue weighted by atomic mass is 35.5. The second kappa shape index (κ2) is 24.7. The van der Waals surface area contributed by atoms with Crippen LogP contribution in [0.3, 0.4) is 0 Å². The minimum absolute atomic E-state index is 0.123. The van der Waals surface area contributed by atoms with Crippen molar-refractivity contribution >= 4 is 40.5 Å². The zero-order chi connectivity index (χ0) is 31.8. The average molecular weight is 617 g/mol. The Balaban J connectivity index is 0.00000315. The first-order chi connectivity index (χ1) is 20.4. The monoisotopic (exact) mass is 615 g/mol. The summed E-state index contributed by atoms with van der Waals surface area (Å²) >= 11 is 12.6. The van der Waals surface area contributed by atoms with Crippen LogP contribution in [0.5, 0.6) is 0 Å². The SMILES string of the molecule is C=CC.CC.CCCCC(=C\C/C=C/COC)/C(=N\N(CC)c1ccc(Cl)cc1Cl)C(=O)N[C@H](CC)c1ccccc1. The maximum absolute atomic E-state index is 13.8. The van der Waals surface area contributed by atoms with Crippen LogP contribution in [0, 0.1) is 0 Å². The summed E-state index contributed by atoms with van der Waals surface area (Å²) in [7, 11) is 1.67. The summed E-state index contributed by atoms with van der Waals surface area (Å²) in [6.45, 7) is 16.5. The Morgan fingerprint density at radius 1 is 1.10 bits per heavy atom. The second-order valence-electron chi connectivity index (χ2n) is 9.01. The van der Waals surface area contributed by atoms with E-state index in [9.17, 15) is 4.79 Å². The van der Waals surface area contributed by atoms with Crippen molar-refractivity contribution in [1.82, 2.24) is 5.32 Å². The molecule has 7 heteroatoms. The Hall–Kier alpha value is -2.86. The number of amides is 1. The third-order valence-corrected chi connectivity index (χ3v) is 6.41. The summed E-state index contributed by atoms with van der Waals surface area (Å²) in [6.07, 6.45) is 12.0. The number of benzene rings is 2. The van der Waals surface area contributed by atoms with Gasteiger partial charge < -0.3 is 10.1 Å². The number of nitrogens with zero attached hydrogens (tertiary/aromatic N) is 2. The molecule has 1 atom stereocenters. The molecular weight excluding hydrogens is 565 g/mol. The van der Waals surface area contributed by atoms with Crippen LogP contribution < -0.4 is 10.3 Å². The van der Waals surface area contributed by atoms with Crippen LogP contribution >= 0.6 is 23.2 Å². The van der Waals surface area contributed by atoms with Crippen LogP contribution in [0.1, 0.15) is 85.3 Å². The van der Waals surface area contributed by atoms with Gasteiger partial charge in [-0.25, -0.2) is 0 Å². The minimum atomic E-state index is -0.206. The number of unbranched alkanes of at least 4 members (excludes halogenated alkanes) is 1. The molecular formula is C35H51Cl2N3O2. The molecule has 0 unspecified atom stereocenters. The molecule has 2 rings (SSSR count). The number of allylic oxidation sites excluding steroid dienone is 3. The molecule has 5 nitrogen and oxygen atoms in total. The molecule has 0 fully saturated rings. The van der Waals surface area contributed by atoms with E-state index < -0.39 is 0 Å². The molecule has 0 bridgehead atoms. The quantitative estimate of drug-likeness (QED) is 0.123. The summed E-state index contributed by atoms with van der Waals surface area (Å²) in [5, 5.41) is 10.9. The molecule has 0 spiro atoms. The molecule has 232 valence electrons. The van der Waals surface area contributed by atoms with Crippen molar-refractivity contribution in [2.24, 2.45) is 5.10 Å². The van der Waals surface area contributed by atoms with Crippen LogP contribution in [-0.4, -0.2) is 31.9 Å². The van der Waals surface area contributed by atoms with Crippen LogP contribution in [-0.2, 0) is 9.53 Å². The Labute approximate surface area is 265 Å². The molecule has 0 heterocycles. The average Bonchev–Trinajstić information content (AvgIpc) is 3.00. The van der Waals surface area contributed by atoms with Gasteiger partial charge in [-0.2, -0.15) is 5.10 Å². The molecule has 0 aliphatic carbocycles. The van der Waals surface area contributed by atoms with E-state index in [1.165, 1.54) is 0 Å². The second-order valence-corrected chi connectivity index (χ2v) is 9.85. The molecule has 0 aromatic heterocycles. The lowest BCUT2D eigenvalue weighted by atomic mass is 10.00. The third-order valence-electron chi connectivity index (χ3n) is 5.87. The number of halogens is 2. The molecule has 0 radical (unpaired) electrons. The van der Waals surface area contributed by atoms with Gasteiger partial charge in [0.1, 0.15) is 0 Å². The molecule has 0 saturated carbocycles. The molecule has 42 heavy (non-hydrogen) atoms. The molecule has 0 aliphatic heterocycles. The van der Waals surface area contributed by atoms with Crippen molar-refractivity contribution in [1.29, 1.82) is 0 Å². The van der Waals surface area contributed by atoms with Crippen molar-refractivity contribution in [2.75, 3.05) is 25.3 Å². The van der Waals surface area contributed by atoms with Crippen LogP contribution in [0.4, 0.5) is 5.69 Å². The van der Waals surface area contributed by atoms with E-state index in [0.717, 1.165) is 36.8 Å². The first kappa shape index (κ1) is 39.1. The van der Waals surface area contributed by atoms with Crippen molar-refractivity contribution in [2.45, 2.75) is 79.7 Å². The van der Waals surface area contributed by atoms with Gasteiger partial charge >= 0.3 is 0 Å². The van der Waals surface area contributed by atoms with E-state index in [1.807, 2.05) is 76.2 Å². The summed E-state index contributed by atoms with van der Waals surface area (Å²) in [5.41, 5.74) is 3.07. The number of methoxy groups -OCH3 is 1. The molecule has 1 N–H and O–H groups in total. The van der Waals surface area contributed by atoms with Crippen LogP contribution in [0.25, 0.3) is 0 Å². The number of anilines is 1. The van der Waals surface area contributed by atoms with Gasteiger partial charge in [0, 0.05) is 18.7 Å². The van der Waals surface area contributed by atoms with E-state index in [-0.39, 0.29) is 11.9 Å². The van der Waals surface area contributed by atoms with Crippen molar-refractivity contribution < 1.29 is 9.53 Å². The number of hydrogen-bond donors (Lipinski definition) is 1. The summed E-state index contributed by atoms with van der Waals surface area (Å²) in [4.78, 5) is 13.8. The van der Waals surface area contributed by atoms with Gasteiger partial charge in [0.05, 0.1) is 23.4 Å². The molecule has 0 saturated heterocycles. The van der Waals surface area contributed by atoms with Gasteiger partial charge in [0.15, 0.2) is 5.71 Å². The first-order valence-electron chi connectivity index (χ1n) is 14.9. The highest BCUT2D eigenvalue weighted by Crippen LogP contribution is 2.29. The Morgan fingerprint density at radius 3 is 2.31 bits per heavy atom. The van der Waals surface area contributed by atoms with E-state index in [1.54, 1.807) is 30.3 Å². The maximum Gasteiger partial charge on any atom is 0.272 e. The van der Waals surface area contributed by atoms with E-state index >= 15 is 0 Å². The fourth-order valence-corrected chi connectivity index (χ4v) is 4.36. The normalized spacial score (nSPS) is 12.0. The van der Waals surface area contributed by atoms with Gasteiger partial charge in [0.2, 0.25) is 0 Å². The van der Waals surface area contributed by atoms with Crippen LogP contribution in [0.15, 0.2) is 90.1 Å². The van der Waals surface area contributed by atoms with Gasteiger partial charge in [-0.3, -0.25) is 9.80 Å². The zero-order valence-corrected chi connectivity index (χ0v) is 28.1. The van der Waals surface area contributed by atoms with E-state index in [4.69, 9.17) is 33.0 Å². The molecule has 0 aliphatic rings. The number of rotatable bonds is 15. The lowest BCUT2D eigenvalue weighted by Gasteiger charge is -2.23. The largest absolute Gasteiger partial charge is 0.381 e. The highest BCUT2D eigenvalue weighted by molar-refractivity contribution is 6.45. The predicted molar refractivity (Wildman–Crippen MR) is 185 cm³/mol. The molecule has 2 aromatic carbocycles. The number of carbonyl (C=O) groups excluding carboxylic acids is 1. The van der Waals surface area contributed by atoms with Crippen molar-refractivity contribution in [3.8, 4) is 0 Å². The Morgan fingerprint density at radius 2 is 1.76 bits per heavy atom. The predicted octanol–water partition coefficient (Wildman–Crippen LogP) is 10.4. The zero-order valence-electron chi connectivity index (χ0n) is 26.6. The van der Waals surface area contributed by atoms with Gasteiger partial charge in [0.25, 0.3) is 5.91 Å². The topological polar surface area (TPSA) is 53.9 Å². The lowest BCUT2D eigenvalue weighted by molar-refractivity contribution is -0.115. The fraction of sp³-hybridized carbons (Fsp3) is 0.429. The Kier molecular flexibility index (Phi) is 23.0. The third kappa shape index (κ3) is 14.9. The van der Waals surface area contributed by atoms with Gasteiger partial charge in [-0.05, 0) is 68.9 Å². The van der Waals surface area contributed by atoms with Gasteiger partial charge in [-0.15, -0.1) is 6.58 Å². The van der Waals surface area contributed by atoms with Crippen molar-refractivity contribution in [3.05, 3.63) is 101 Å². The number of nitrogens with one attached hydrogen (secondary N) is 1. The standard InChI is InChI=1S/C30H39Cl2N3O2.C3H6.C2H6/c1-5-8-15-24(18-13-10-14-21-37-4)29(30(36)33-27(6-2)23-16-11-9-12-17-23)34-35(7-3)28-20-19-25(31)22-26(28)32;1-3-2;1-2/h9-12,14,16-20,22,27H,5-8,13,15,21H2,1-4H3,(H,33,36);3H,1H2,2H3;1-2H3/b14-10+,24-18+,34-29+;;/t27-;;/m1../s1. The number of carbonyl (C=O) groups is 1. The number of hydrazone groups is 1. The fourth-order valence-electron chi connectivity index (χ4n) is 3.85. The van der Waals surface area contributed by atoms with E-state index in [2.05, 4.69) is 31.8 Å². The molecule has 1 amide bonds. The number of ether oxygens (including phenoxy) is 1. The molecule has 2 aromatic rings. The van der Waals surface area contributed by atoms with E-state index in [0.29, 0.717) is 41.0 Å². The smallest absolute Gasteiger partial charge is 0.272 e. The summed E-state index contributed by atoms with van der Waals surface area (Å²) < 4.78 is 5.11. The van der Waals surface area contributed by atoms with Crippen molar-refractivity contribution in [3.63, 3.8) is 0 Å². The number of hydrogen-bond acceptors (Lipinski definition) is 4. The summed E-state index contributed by atoms with van der Waals surface area (Å²) in [5.74, 6) is -0.206. The lowest BCUT2D eigenvalue weighted by Crippen LogP contribution is -2.37. The maximum atomic E-state index is 13.8. The first-order valence-corrected chi connectivity index (χ1v) is 15.7. The Bertz CT molecular complexity index is 1110. The summed E-state index contributed by atoms with van der Waals surface area (Å²) in [6, 6.07) is 15.2.